The SMILES string of the molecule is CCOC(=O)CCS(=O)(=O)c1cncc(-c2nc(NCc3ccccn3)c3c(-c4ccccc4)ccn3n2)c1.CCOC(=O)CNS(=O)(=O)c1cncc(B2OC(C)(C)C(C)(C)O2)c1.Clc1nc(NCc2ccccn2)c2c(-c3ccccc3)ccn2n1. The van der Waals surface area contributed by atoms with Crippen LogP contribution in [0, 0.1) is 0 Å². The van der Waals surface area contributed by atoms with Gasteiger partial charge in [-0.15, -0.1) is 10.2 Å². The number of ether oxygens (including phenoxy) is 2. The van der Waals surface area contributed by atoms with Crippen molar-refractivity contribution in [2.45, 2.75) is 82.0 Å². The van der Waals surface area contributed by atoms with E-state index in [4.69, 9.17) is 35.4 Å². The van der Waals surface area contributed by atoms with Gasteiger partial charge in [-0.1, -0.05) is 72.8 Å². The predicted octanol–water partition coefficient (Wildman–Crippen LogP) is 8.47. The van der Waals surface area contributed by atoms with Crippen molar-refractivity contribution in [3.63, 3.8) is 0 Å². The molecule has 1 fully saturated rings. The first-order chi connectivity index (χ1) is 42.2. The number of halogens is 1. The highest BCUT2D eigenvalue weighted by molar-refractivity contribution is 7.91. The van der Waals surface area contributed by atoms with E-state index in [-0.39, 0.29) is 46.3 Å². The van der Waals surface area contributed by atoms with Crippen LogP contribution in [0.2, 0.25) is 5.28 Å². The molecular formula is C61H63BClN13O10S2. The molecule has 454 valence electrons. The maximum atomic E-state index is 12.9. The zero-order valence-electron chi connectivity index (χ0n) is 48.9. The summed E-state index contributed by atoms with van der Waals surface area (Å²) in [5.41, 5.74) is 7.34. The summed E-state index contributed by atoms with van der Waals surface area (Å²) in [6.07, 6.45) is 12.4. The molecule has 0 unspecified atom stereocenters. The van der Waals surface area contributed by atoms with E-state index in [9.17, 15) is 26.4 Å². The second kappa shape index (κ2) is 28.2. The fraction of sp³-hybridized carbons (Fsp3) is 0.246. The first kappa shape index (κ1) is 63.5. The van der Waals surface area contributed by atoms with E-state index in [1.807, 2.05) is 137 Å². The topological polar surface area (TPSA) is 287 Å². The van der Waals surface area contributed by atoms with Crippen molar-refractivity contribution in [3.8, 4) is 33.6 Å². The van der Waals surface area contributed by atoms with Crippen LogP contribution in [-0.2, 0) is 61.3 Å². The van der Waals surface area contributed by atoms with E-state index < -0.39 is 56.7 Å². The van der Waals surface area contributed by atoms with Crippen molar-refractivity contribution in [2.24, 2.45) is 0 Å². The predicted molar refractivity (Wildman–Crippen MR) is 333 cm³/mol. The molecular weight excluding hydrogens is 1190 g/mol. The molecule has 0 bridgehead atoms. The first-order valence-electron chi connectivity index (χ1n) is 27.9. The third kappa shape index (κ3) is 15.7. The van der Waals surface area contributed by atoms with Crippen LogP contribution in [0.25, 0.3) is 44.7 Å². The number of pyridine rings is 4. The minimum absolute atomic E-state index is 0.0199. The Labute approximate surface area is 514 Å². The van der Waals surface area contributed by atoms with Crippen molar-refractivity contribution >= 4 is 78.7 Å². The summed E-state index contributed by atoms with van der Waals surface area (Å²) in [6.45, 7) is 11.8. The number of hydrogen-bond acceptors (Lipinski definition) is 20. The number of carbonyl (C=O) groups excluding carboxylic acids is 2. The van der Waals surface area contributed by atoms with E-state index >= 15 is 0 Å². The van der Waals surface area contributed by atoms with Gasteiger partial charge < -0.3 is 29.4 Å². The Morgan fingerprint density at radius 1 is 0.614 bits per heavy atom. The average molecular weight is 1250 g/mol. The number of aromatic nitrogens is 10. The van der Waals surface area contributed by atoms with Crippen molar-refractivity contribution < 1.29 is 45.2 Å². The van der Waals surface area contributed by atoms with Crippen LogP contribution in [0.15, 0.2) is 181 Å². The van der Waals surface area contributed by atoms with Crippen molar-refractivity contribution in [3.05, 3.63) is 188 Å². The monoisotopic (exact) mass is 1250 g/mol. The quantitative estimate of drug-likeness (QED) is 0.0476. The number of esters is 2. The van der Waals surface area contributed by atoms with Crippen molar-refractivity contribution in [1.82, 2.24) is 53.9 Å². The molecule has 0 radical (unpaired) electrons. The molecule has 88 heavy (non-hydrogen) atoms. The van der Waals surface area contributed by atoms with E-state index in [0.29, 0.717) is 35.8 Å². The van der Waals surface area contributed by atoms with Gasteiger partial charge in [0.1, 0.15) is 17.6 Å². The Hall–Kier alpha value is -9.05. The fourth-order valence-electron chi connectivity index (χ4n) is 8.87. The molecule has 0 atom stereocenters. The van der Waals surface area contributed by atoms with Crippen LogP contribution in [0.4, 0.5) is 11.6 Å². The molecule has 3 N–H and O–H groups in total. The second-order valence-corrected chi connectivity index (χ2v) is 24.8. The lowest BCUT2D eigenvalue weighted by molar-refractivity contribution is -0.143. The van der Waals surface area contributed by atoms with Crippen molar-refractivity contribution in [1.29, 1.82) is 0 Å². The Bertz CT molecular complexity index is 4250. The van der Waals surface area contributed by atoms with Crippen LogP contribution in [0.5, 0.6) is 0 Å². The maximum absolute atomic E-state index is 12.9. The summed E-state index contributed by atoms with van der Waals surface area (Å²) in [7, 11) is -8.42. The molecule has 0 spiro atoms. The van der Waals surface area contributed by atoms with Gasteiger partial charge in [0.25, 0.3) is 0 Å². The van der Waals surface area contributed by atoms with Gasteiger partial charge in [-0.25, -0.2) is 30.9 Å². The first-order valence-corrected chi connectivity index (χ1v) is 31.4. The van der Waals surface area contributed by atoms with Crippen LogP contribution >= 0.6 is 11.6 Å². The molecule has 1 aliphatic heterocycles. The Kier molecular flexibility index (Phi) is 20.3. The number of sulfonamides is 1. The van der Waals surface area contributed by atoms with Crippen LogP contribution in [0.1, 0.15) is 59.4 Å². The molecule has 1 aliphatic rings. The van der Waals surface area contributed by atoms with Gasteiger partial charge in [-0.05, 0) is 113 Å². The molecule has 0 aliphatic carbocycles. The van der Waals surface area contributed by atoms with Gasteiger partial charge in [0.15, 0.2) is 27.3 Å². The highest BCUT2D eigenvalue weighted by Gasteiger charge is 2.52. The Morgan fingerprint density at radius 3 is 1.69 bits per heavy atom. The standard InChI is InChI=1S/C28H26N6O4S.C18H14ClN5.C15H23BN2O6S/c1-2-38-25(35)12-15-39(36,37)23-16-21(17-29-19-23)27-32-28(31-18-22-10-6-7-13-30-22)26-24(11-14-34(26)33-27)20-8-4-3-5-9-20;19-18-22-17(21-12-14-8-4-5-10-20-14)16-15(9-11-24(16)23-18)13-6-2-1-3-7-13;1-6-22-13(19)10-18-25(20,21)12-7-11(8-17-9-12)16-23-14(2,3)15(4,5)24-16/h3-11,13-14,16-17,19H,2,12,15,18H2,1H3,(H,31,32,33);1-11H,12H2,(H,21,22,23);7-9,18H,6,10H2,1-5H3. The minimum Gasteiger partial charge on any atom is -0.466 e. The minimum atomic E-state index is -3.91. The highest BCUT2D eigenvalue weighted by Crippen LogP contribution is 2.37. The third-order valence-electron chi connectivity index (χ3n) is 14.0. The van der Waals surface area contributed by atoms with E-state index in [1.165, 1.54) is 36.9 Å². The molecule has 27 heteroatoms. The highest BCUT2D eigenvalue weighted by atomic mass is 35.5. The van der Waals surface area contributed by atoms with E-state index in [2.05, 4.69) is 62.6 Å². The molecule has 0 saturated carbocycles. The lowest BCUT2D eigenvalue weighted by Crippen LogP contribution is -2.41. The summed E-state index contributed by atoms with van der Waals surface area (Å²) < 4.78 is 77.5. The van der Waals surface area contributed by atoms with Gasteiger partial charge in [-0.2, -0.15) is 9.71 Å². The molecule has 8 aromatic heterocycles. The number of sulfone groups is 1. The van der Waals surface area contributed by atoms with Crippen molar-refractivity contribution in [2.75, 3.05) is 36.1 Å². The van der Waals surface area contributed by atoms with Gasteiger partial charge in [0.05, 0.1) is 70.9 Å². The van der Waals surface area contributed by atoms with E-state index in [1.54, 1.807) is 35.3 Å². The largest absolute Gasteiger partial charge is 0.496 e. The smallest absolute Gasteiger partial charge is 0.466 e. The number of nitrogens with zero attached hydrogens (tertiary/aromatic N) is 10. The van der Waals surface area contributed by atoms with Crippen LogP contribution in [-0.4, -0.2) is 122 Å². The number of nitrogens with one attached hydrogen (secondary N) is 3. The molecule has 0 amide bonds. The van der Waals surface area contributed by atoms with Gasteiger partial charge >= 0.3 is 19.1 Å². The van der Waals surface area contributed by atoms with Gasteiger partial charge in [0.2, 0.25) is 15.3 Å². The zero-order valence-corrected chi connectivity index (χ0v) is 51.3. The number of anilines is 2. The van der Waals surface area contributed by atoms with Crippen LogP contribution in [0.3, 0.4) is 0 Å². The Morgan fingerprint density at radius 2 is 1.14 bits per heavy atom. The number of carbonyl (C=O) groups is 2. The number of hydrogen-bond donors (Lipinski definition) is 3. The molecule has 2 aromatic carbocycles. The molecule has 11 rings (SSSR count). The summed E-state index contributed by atoms with van der Waals surface area (Å²) in [5, 5.41) is 15.8. The summed E-state index contributed by atoms with van der Waals surface area (Å²) in [4.78, 5) is 48.9. The fourth-order valence-corrected chi connectivity index (χ4v) is 11.2. The van der Waals surface area contributed by atoms with Crippen LogP contribution < -0.4 is 20.8 Å². The molecule has 23 nitrogen and oxygen atoms in total. The zero-order chi connectivity index (χ0) is 62.5. The lowest BCUT2D eigenvalue weighted by atomic mass is 9.80. The normalized spacial score (nSPS) is 13.4. The van der Waals surface area contributed by atoms with Gasteiger partial charge in [0, 0.05) is 71.7 Å². The molecule has 10 aromatic rings. The Balaban J connectivity index is 0.000000164. The number of fused-ring (bicyclic) bond motifs is 2. The molecule has 1 saturated heterocycles. The third-order valence-corrected chi connectivity index (χ3v) is 17.2. The van der Waals surface area contributed by atoms with Gasteiger partial charge in [-0.3, -0.25) is 29.5 Å². The number of benzene rings is 2. The van der Waals surface area contributed by atoms with E-state index in [0.717, 1.165) is 44.7 Å². The number of rotatable bonds is 20. The molecule has 9 heterocycles. The summed E-state index contributed by atoms with van der Waals surface area (Å²) in [5.74, 6) is -0.0671. The second-order valence-electron chi connectivity index (χ2n) is 20.6. The lowest BCUT2D eigenvalue weighted by Gasteiger charge is -2.32. The maximum Gasteiger partial charge on any atom is 0.496 e. The average Bonchev–Trinajstić information content (AvgIpc) is 2.16. The summed E-state index contributed by atoms with van der Waals surface area (Å²) in [6, 6.07) is 38.4. The summed E-state index contributed by atoms with van der Waals surface area (Å²) >= 11 is 6.06.